The molecule has 1 heterocycles. The maximum Gasteiger partial charge on any atom is 0.303 e. The maximum absolute atomic E-state index is 11.8. The van der Waals surface area contributed by atoms with Crippen molar-refractivity contribution in [2.24, 2.45) is 5.92 Å². The number of carboxylic acid groups (broad SMARTS) is 1. The molecule has 0 saturated carbocycles. The molecule has 1 atom stereocenters. The Morgan fingerprint density at radius 1 is 1.33 bits per heavy atom. The molecule has 0 aliphatic rings. The first-order valence-electron chi connectivity index (χ1n) is 7.09. The number of aromatic amines is 1. The number of aliphatic carboxylic acids is 1. The molecule has 2 rings (SSSR count). The lowest BCUT2D eigenvalue weighted by Gasteiger charge is -2.10. The molecule has 0 fully saturated rings. The summed E-state index contributed by atoms with van der Waals surface area (Å²) >= 11 is 0. The first-order valence-corrected chi connectivity index (χ1v) is 7.09. The van der Waals surface area contributed by atoms with Crippen LogP contribution in [0.25, 0.3) is 10.9 Å². The summed E-state index contributed by atoms with van der Waals surface area (Å²) < 4.78 is 0. The predicted octanol–water partition coefficient (Wildman–Crippen LogP) is 2.33. The van der Waals surface area contributed by atoms with Crippen LogP contribution in [0, 0.1) is 5.92 Å². The second-order valence-corrected chi connectivity index (χ2v) is 5.41. The van der Waals surface area contributed by atoms with Crippen molar-refractivity contribution in [3.8, 4) is 0 Å². The Bertz CT molecular complexity index is 633. The van der Waals surface area contributed by atoms with E-state index in [2.05, 4.69) is 16.4 Å². The Morgan fingerprint density at radius 2 is 2.14 bits per heavy atom. The molecule has 5 nitrogen and oxygen atoms in total. The number of carbonyl (C=O) groups is 2. The summed E-state index contributed by atoms with van der Waals surface area (Å²) in [7, 11) is 0. The smallest absolute Gasteiger partial charge is 0.303 e. The monoisotopic (exact) mass is 288 g/mol. The SMILES string of the molecule is CC(CNC(=O)CCc1ccc2[nH]ccc2c1)CC(=O)O. The molecular weight excluding hydrogens is 268 g/mol. The minimum Gasteiger partial charge on any atom is -0.481 e. The van der Waals surface area contributed by atoms with Gasteiger partial charge in [0.2, 0.25) is 5.91 Å². The Kier molecular flexibility index (Phi) is 4.98. The zero-order valence-electron chi connectivity index (χ0n) is 12.1. The lowest BCUT2D eigenvalue weighted by atomic mass is 10.1. The van der Waals surface area contributed by atoms with Gasteiger partial charge in [-0.1, -0.05) is 13.0 Å². The van der Waals surface area contributed by atoms with Crippen LogP contribution in [-0.4, -0.2) is 28.5 Å². The van der Waals surface area contributed by atoms with Gasteiger partial charge in [0.25, 0.3) is 0 Å². The first kappa shape index (κ1) is 15.1. The second kappa shape index (κ2) is 6.92. The van der Waals surface area contributed by atoms with Crippen LogP contribution in [0.5, 0.6) is 0 Å². The summed E-state index contributed by atoms with van der Waals surface area (Å²) in [5.41, 5.74) is 2.21. The minimum atomic E-state index is -0.837. The van der Waals surface area contributed by atoms with Crippen molar-refractivity contribution >= 4 is 22.8 Å². The molecule has 1 amide bonds. The largest absolute Gasteiger partial charge is 0.481 e. The van der Waals surface area contributed by atoms with Gasteiger partial charge in [0.15, 0.2) is 0 Å². The van der Waals surface area contributed by atoms with Gasteiger partial charge in [-0.25, -0.2) is 0 Å². The van der Waals surface area contributed by atoms with Crippen LogP contribution in [0.1, 0.15) is 25.3 Å². The van der Waals surface area contributed by atoms with E-state index in [1.807, 2.05) is 31.3 Å². The molecule has 0 bridgehead atoms. The quantitative estimate of drug-likeness (QED) is 0.731. The molecular formula is C16H20N2O3. The molecule has 0 aliphatic carbocycles. The van der Waals surface area contributed by atoms with E-state index in [4.69, 9.17) is 5.11 Å². The van der Waals surface area contributed by atoms with Gasteiger partial charge < -0.3 is 15.4 Å². The highest BCUT2D eigenvalue weighted by Crippen LogP contribution is 2.15. The Labute approximate surface area is 123 Å². The third-order valence-corrected chi connectivity index (χ3v) is 3.43. The molecule has 0 radical (unpaired) electrons. The fourth-order valence-corrected chi connectivity index (χ4v) is 2.26. The minimum absolute atomic E-state index is 0.0404. The number of hydrogen-bond donors (Lipinski definition) is 3. The number of aromatic nitrogens is 1. The molecule has 2 aromatic rings. The highest BCUT2D eigenvalue weighted by atomic mass is 16.4. The third-order valence-electron chi connectivity index (χ3n) is 3.43. The summed E-state index contributed by atoms with van der Waals surface area (Å²) in [5.74, 6) is -0.930. The number of H-pyrrole nitrogens is 1. The van der Waals surface area contributed by atoms with Gasteiger partial charge in [-0.15, -0.1) is 0 Å². The van der Waals surface area contributed by atoms with Crippen molar-refractivity contribution in [2.45, 2.75) is 26.2 Å². The Morgan fingerprint density at radius 3 is 2.90 bits per heavy atom. The fourth-order valence-electron chi connectivity index (χ4n) is 2.26. The van der Waals surface area contributed by atoms with Gasteiger partial charge in [-0.2, -0.15) is 0 Å². The molecule has 3 N–H and O–H groups in total. The van der Waals surface area contributed by atoms with Crippen LogP contribution in [0.15, 0.2) is 30.5 Å². The molecule has 1 aromatic carbocycles. The van der Waals surface area contributed by atoms with Crippen LogP contribution < -0.4 is 5.32 Å². The Hall–Kier alpha value is -2.30. The number of nitrogens with one attached hydrogen (secondary N) is 2. The van der Waals surface area contributed by atoms with E-state index in [0.29, 0.717) is 19.4 Å². The van der Waals surface area contributed by atoms with E-state index in [1.54, 1.807) is 0 Å². The lowest BCUT2D eigenvalue weighted by Crippen LogP contribution is -2.29. The second-order valence-electron chi connectivity index (χ2n) is 5.41. The van der Waals surface area contributed by atoms with E-state index < -0.39 is 5.97 Å². The van der Waals surface area contributed by atoms with Crippen molar-refractivity contribution in [3.63, 3.8) is 0 Å². The average Bonchev–Trinajstić information content (AvgIpc) is 2.89. The number of benzene rings is 1. The number of aryl methyl sites for hydroxylation is 1. The van der Waals surface area contributed by atoms with E-state index in [-0.39, 0.29) is 18.2 Å². The average molecular weight is 288 g/mol. The number of amides is 1. The summed E-state index contributed by atoms with van der Waals surface area (Å²) in [6.07, 6.45) is 3.06. The highest BCUT2D eigenvalue weighted by molar-refractivity contribution is 5.80. The standard InChI is InChI=1S/C16H20N2O3/c1-11(8-16(20)21)10-18-15(19)5-3-12-2-4-14-13(9-12)6-7-17-14/h2,4,6-7,9,11,17H,3,5,8,10H2,1H3,(H,18,19)(H,20,21). The molecule has 0 saturated heterocycles. The van der Waals surface area contributed by atoms with Gasteiger partial charge in [-0.3, -0.25) is 9.59 Å². The summed E-state index contributed by atoms with van der Waals surface area (Å²) in [4.78, 5) is 25.4. The van der Waals surface area contributed by atoms with E-state index in [9.17, 15) is 9.59 Å². The molecule has 1 aromatic heterocycles. The predicted molar refractivity (Wildman–Crippen MR) is 81.0 cm³/mol. The number of rotatable bonds is 7. The van der Waals surface area contributed by atoms with E-state index in [1.165, 1.54) is 0 Å². The third kappa shape index (κ3) is 4.63. The van der Waals surface area contributed by atoms with Crippen LogP contribution in [0.3, 0.4) is 0 Å². The van der Waals surface area contributed by atoms with Crippen LogP contribution in [0.2, 0.25) is 0 Å². The normalized spacial score (nSPS) is 12.2. The number of carbonyl (C=O) groups excluding carboxylic acids is 1. The van der Waals surface area contributed by atoms with Crippen molar-refractivity contribution in [3.05, 3.63) is 36.0 Å². The molecule has 5 heteroatoms. The van der Waals surface area contributed by atoms with E-state index >= 15 is 0 Å². The summed E-state index contributed by atoms with van der Waals surface area (Å²) in [6.45, 7) is 2.22. The Balaban J connectivity index is 1.76. The zero-order valence-corrected chi connectivity index (χ0v) is 12.1. The highest BCUT2D eigenvalue weighted by Gasteiger charge is 2.09. The first-order chi connectivity index (χ1) is 10.0. The van der Waals surface area contributed by atoms with Gasteiger partial charge in [0, 0.05) is 31.1 Å². The molecule has 21 heavy (non-hydrogen) atoms. The van der Waals surface area contributed by atoms with Crippen molar-refractivity contribution in [2.75, 3.05) is 6.54 Å². The van der Waals surface area contributed by atoms with Crippen LogP contribution in [-0.2, 0) is 16.0 Å². The topological polar surface area (TPSA) is 82.2 Å². The number of carboxylic acids is 1. The van der Waals surface area contributed by atoms with Crippen LogP contribution >= 0.6 is 0 Å². The lowest BCUT2D eigenvalue weighted by molar-refractivity contribution is -0.138. The van der Waals surface area contributed by atoms with E-state index in [0.717, 1.165) is 16.5 Å². The van der Waals surface area contributed by atoms with Gasteiger partial charge >= 0.3 is 5.97 Å². The van der Waals surface area contributed by atoms with Crippen molar-refractivity contribution in [1.29, 1.82) is 0 Å². The number of hydrogen-bond acceptors (Lipinski definition) is 2. The van der Waals surface area contributed by atoms with Gasteiger partial charge in [0.1, 0.15) is 0 Å². The van der Waals surface area contributed by atoms with Gasteiger partial charge in [-0.05, 0) is 41.5 Å². The maximum atomic E-state index is 11.8. The molecule has 0 aliphatic heterocycles. The summed E-state index contributed by atoms with van der Waals surface area (Å²) in [6, 6.07) is 8.11. The van der Waals surface area contributed by atoms with Crippen molar-refractivity contribution in [1.82, 2.24) is 10.3 Å². The summed E-state index contributed by atoms with van der Waals surface area (Å²) in [5, 5.41) is 12.6. The molecule has 1 unspecified atom stereocenters. The van der Waals surface area contributed by atoms with Gasteiger partial charge in [0.05, 0.1) is 0 Å². The zero-order chi connectivity index (χ0) is 15.2. The van der Waals surface area contributed by atoms with Crippen molar-refractivity contribution < 1.29 is 14.7 Å². The molecule has 112 valence electrons. The fraction of sp³-hybridized carbons (Fsp3) is 0.375. The number of fused-ring (bicyclic) bond motifs is 1. The molecule has 0 spiro atoms. The van der Waals surface area contributed by atoms with Crippen LogP contribution in [0.4, 0.5) is 0 Å².